The zero-order valence-electron chi connectivity index (χ0n) is 12.1. The number of carbonyl (C=O) groups is 1. The molecule has 7 heteroatoms. The molecule has 1 unspecified atom stereocenters. The molecule has 6 nitrogen and oxygen atoms in total. The molecule has 1 aliphatic rings. The van der Waals surface area contributed by atoms with Crippen LogP contribution in [0.4, 0.5) is 0 Å². The van der Waals surface area contributed by atoms with E-state index >= 15 is 0 Å². The number of rotatable bonds is 6. The van der Waals surface area contributed by atoms with Crippen LogP contribution < -0.4 is 15.4 Å². The third kappa shape index (κ3) is 4.52. The van der Waals surface area contributed by atoms with Crippen LogP contribution in [0.5, 0.6) is 0 Å². The monoisotopic (exact) mass is 311 g/mol. The molecular weight excluding hydrogens is 290 g/mol. The molecule has 1 aromatic carbocycles. The summed E-state index contributed by atoms with van der Waals surface area (Å²) in [4.78, 5) is 12.1. The number of nitrogens with one attached hydrogen (secondary N) is 3. The lowest BCUT2D eigenvalue weighted by Crippen LogP contribution is -2.48. The van der Waals surface area contributed by atoms with Crippen LogP contribution in [0.15, 0.2) is 24.3 Å². The number of benzene rings is 1. The standard InChI is InChI=1S/C14H21N3O3S/c1-2-17-21(19,20)8-7-15-14(18)13-9-11-5-3-4-6-12(11)10-16-13/h3-6,13,16-17H,2,7-10H2,1H3,(H,15,18). The predicted octanol–water partition coefficient (Wildman–Crippen LogP) is -0.244. The first-order valence-electron chi connectivity index (χ1n) is 7.07. The summed E-state index contributed by atoms with van der Waals surface area (Å²) in [6.45, 7) is 2.86. The predicted molar refractivity (Wildman–Crippen MR) is 81.2 cm³/mol. The number of amides is 1. The fourth-order valence-electron chi connectivity index (χ4n) is 2.36. The molecule has 1 aromatic rings. The topological polar surface area (TPSA) is 87.3 Å². The molecule has 0 aliphatic carbocycles. The molecule has 1 aliphatic heterocycles. The molecule has 3 N–H and O–H groups in total. The zero-order chi connectivity index (χ0) is 15.3. The maximum atomic E-state index is 12.1. The SMILES string of the molecule is CCNS(=O)(=O)CCNC(=O)C1Cc2ccccc2CN1. The summed E-state index contributed by atoms with van der Waals surface area (Å²) in [5, 5.41) is 5.85. The van der Waals surface area contributed by atoms with Gasteiger partial charge in [-0.15, -0.1) is 0 Å². The van der Waals surface area contributed by atoms with Gasteiger partial charge in [-0.3, -0.25) is 4.79 Å². The molecule has 1 amide bonds. The third-order valence-electron chi connectivity index (χ3n) is 3.43. The lowest BCUT2D eigenvalue weighted by molar-refractivity contribution is -0.123. The summed E-state index contributed by atoms with van der Waals surface area (Å²) < 4.78 is 25.3. The molecule has 0 saturated carbocycles. The van der Waals surface area contributed by atoms with E-state index in [4.69, 9.17) is 0 Å². The molecule has 0 fully saturated rings. The van der Waals surface area contributed by atoms with Crippen molar-refractivity contribution < 1.29 is 13.2 Å². The Morgan fingerprint density at radius 1 is 1.33 bits per heavy atom. The van der Waals surface area contributed by atoms with Crippen molar-refractivity contribution in [3.05, 3.63) is 35.4 Å². The van der Waals surface area contributed by atoms with Gasteiger partial charge in [0.1, 0.15) is 0 Å². The van der Waals surface area contributed by atoms with E-state index in [9.17, 15) is 13.2 Å². The van der Waals surface area contributed by atoms with Crippen LogP contribution in [-0.2, 0) is 27.8 Å². The fraction of sp³-hybridized carbons (Fsp3) is 0.500. The second kappa shape index (κ2) is 7.02. The highest BCUT2D eigenvalue weighted by atomic mass is 32.2. The highest BCUT2D eigenvalue weighted by Gasteiger charge is 2.23. The number of carbonyl (C=O) groups excluding carboxylic acids is 1. The van der Waals surface area contributed by atoms with Crippen LogP contribution in [0.1, 0.15) is 18.1 Å². The first-order chi connectivity index (χ1) is 10.0. The second-order valence-corrected chi connectivity index (χ2v) is 6.94. The van der Waals surface area contributed by atoms with E-state index in [1.807, 2.05) is 24.3 Å². The Balaban J connectivity index is 1.83. The van der Waals surface area contributed by atoms with Gasteiger partial charge in [-0.1, -0.05) is 31.2 Å². The molecule has 0 aromatic heterocycles. The van der Waals surface area contributed by atoms with Crippen molar-refractivity contribution in [3.8, 4) is 0 Å². The minimum Gasteiger partial charge on any atom is -0.354 e. The number of fused-ring (bicyclic) bond motifs is 1. The quantitative estimate of drug-likeness (QED) is 0.676. The Morgan fingerprint density at radius 3 is 2.76 bits per heavy atom. The fourth-order valence-corrected chi connectivity index (χ4v) is 3.32. The molecular formula is C14H21N3O3S. The Kier molecular flexibility index (Phi) is 5.33. The normalized spacial score (nSPS) is 18.0. The molecule has 1 heterocycles. The molecule has 1 atom stereocenters. The summed E-state index contributed by atoms with van der Waals surface area (Å²) in [6.07, 6.45) is 0.627. The summed E-state index contributed by atoms with van der Waals surface area (Å²) >= 11 is 0. The van der Waals surface area contributed by atoms with Crippen molar-refractivity contribution in [2.24, 2.45) is 0 Å². The van der Waals surface area contributed by atoms with E-state index in [2.05, 4.69) is 15.4 Å². The van der Waals surface area contributed by atoms with Crippen LogP contribution >= 0.6 is 0 Å². The van der Waals surface area contributed by atoms with E-state index in [0.717, 1.165) is 5.56 Å². The van der Waals surface area contributed by atoms with Gasteiger partial charge in [0.2, 0.25) is 15.9 Å². The van der Waals surface area contributed by atoms with Crippen molar-refractivity contribution in [2.45, 2.75) is 25.9 Å². The van der Waals surface area contributed by atoms with Crippen LogP contribution in [0.25, 0.3) is 0 Å². The summed E-state index contributed by atoms with van der Waals surface area (Å²) in [5.41, 5.74) is 2.37. The van der Waals surface area contributed by atoms with Gasteiger partial charge in [0.05, 0.1) is 11.8 Å². The highest BCUT2D eigenvalue weighted by molar-refractivity contribution is 7.89. The second-order valence-electron chi connectivity index (χ2n) is 5.01. The molecule has 2 rings (SSSR count). The van der Waals surface area contributed by atoms with Crippen LogP contribution in [0.2, 0.25) is 0 Å². The van der Waals surface area contributed by atoms with Gasteiger partial charge >= 0.3 is 0 Å². The van der Waals surface area contributed by atoms with Gasteiger partial charge < -0.3 is 10.6 Å². The van der Waals surface area contributed by atoms with Crippen molar-refractivity contribution in [1.82, 2.24) is 15.4 Å². The highest BCUT2D eigenvalue weighted by Crippen LogP contribution is 2.16. The van der Waals surface area contributed by atoms with Gasteiger partial charge in [-0.05, 0) is 17.5 Å². The van der Waals surface area contributed by atoms with Crippen molar-refractivity contribution in [3.63, 3.8) is 0 Å². The molecule has 0 saturated heterocycles. The van der Waals surface area contributed by atoms with Crippen LogP contribution in [0, 0.1) is 0 Å². The maximum absolute atomic E-state index is 12.1. The van der Waals surface area contributed by atoms with Crippen LogP contribution in [-0.4, -0.2) is 39.2 Å². The molecule has 116 valence electrons. The minimum atomic E-state index is -3.29. The van der Waals surface area contributed by atoms with Gasteiger partial charge in [0, 0.05) is 19.6 Å². The van der Waals surface area contributed by atoms with Crippen molar-refractivity contribution in [1.29, 1.82) is 0 Å². The average Bonchev–Trinajstić information content (AvgIpc) is 2.46. The Labute approximate surface area is 125 Å². The average molecular weight is 311 g/mol. The largest absolute Gasteiger partial charge is 0.354 e. The smallest absolute Gasteiger partial charge is 0.237 e. The van der Waals surface area contributed by atoms with Crippen LogP contribution in [0.3, 0.4) is 0 Å². The third-order valence-corrected chi connectivity index (χ3v) is 4.90. The minimum absolute atomic E-state index is 0.101. The van der Waals surface area contributed by atoms with E-state index < -0.39 is 10.0 Å². The van der Waals surface area contributed by atoms with Gasteiger partial charge in [0.15, 0.2) is 0 Å². The number of hydrogen-bond donors (Lipinski definition) is 3. The van der Waals surface area contributed by atoms with Crippen molar-refractivity contribution in [2.75, 3.05) is 18.8 Å². The summed E-state index contributed by atoms with van der Waals surface area (Å²) in [5.74, 6) is -0.258. The summed E-state index contributed by atoms with van der Waals surface area (Å²) in [7, 11) is -3.29. The molecule has 0 spiro atoms. The Hall–Kier alpha value is -1.44. The number of sulfonamides is 1. The molecule has 0 radical (unpaired) electrons. The Morgan fingerprint density at radius 2 is 2.05 bits per heavy atom. The zero-order valence-corrected chi connectivity index (χ0v) is 12.9. The van der Waals surface area contributed by atoms with E-state index in [0.29, 0.717) is 19.5 Å². The Bertz CT molecular complexity index is 601. The molecule has 0 bridgehead atoms. The lowest BCUT2D eigenvalue weighted by atomic mass is 9.95. The van der Waals surface area contributed by atoms with Gasteiger partial charge in [0.25, 0.3) is 0 Å². The molecule has 21 heavy (non-hydrogen) atoms. The van der Waals surface area contributed by atoms with E-state index in [1.165, 1.54) is 5.56 Å². The lowest BCUT2D eigenvalue weighted by Gasteiger charge is -2.25. The number of hydrogen-bond acceptors (Lipinski definition) is 4. The maximum Gasteiger partial charge on any atom is 0.237 e. The van der Waals surface area contributed by atoms with Gasteiger partial charge in [-0.25, -0.2) is 13.1 Å². The van der Waals surface area contributed by atoms with E-state index in [1.54, 1.807) is 6.92 Å². The van der Waals surface area contributed by atoms with E-state index in [-0.39, 0.29) is 24.2 Å². The summed E-state index contributed by atoms with van der Waals surface area (Å²) in [6, 6.07) is 7.70. The first-order valence-corrected chi connectivity index (χ1v) is 8.72. The van der Waals surface area contributed by atoms with Gasteiger partial charge in [-0.2, -0.15) is 0 Å². The first kappa shape index (κ1) is 15.9. The van der Waals surface area contributed by atoms with Crippen molar-refractivity contribution >= 4 is 15.9 Å².